The van der Waals surface area contributed by atoms with Crippen LogP contribution in [0.4, 0.5) is 10.1 Å². The van der Waals surface area contributed by atoms with Crippen LogP contribution >= 0.6 is 11.6 Å². The van der Waals surface area contributed by atoms with Crippen LogP contribution in [0, 0.1) is 5.82 Å². The molecule has 0 aliphatic heterocycles. The van der Waals surface area contributed by atoms with Gasteiger partial charge in [-0.3, -0.25) is 0 Å². The Morgan fingerprint density at radius 2 is 1.90 bits per heavy atom. The lowest BCUT2D eigenvalue weighted by Gasteiger charge is -2.07. The zero-order chi connectivity index (χ0) is 15.2. The molecule has 21 heavy (non-hydrogen) atoms. The van der Waals surface area contributed by atoms with Crippen molar-refractivity contribution in [1.82, 2.24) is 0 Å². The van der Waals surface area contributed by atoms with E-state index >= 15 is 0 Å². The maximum Gasteiger partial charge on any atom is 0.344 e. The maximum atomic E-state index is 13.0. The van der Waals surface area contributed by atoms with Gasteiger partial charge in [0.25, 0.3) is 0 Å². The highest BCUT2D eigenvalue weighted by Gasteiger charge is 2.06. The number of hydrogen-bond acceptors (Lipinski definition) is 4. The normalized spacial score (nSPS) is 10.2. The molecule has 0 bridgehead atoms. The summed E-state index contributed by atoms with van der Waals surface area (Å²) in [5.74, 6) is -0.531. The molecule has 2 aromatic rings. The molecule has 4 nitrogen and oxygen atoms in total. The molecule has 2 aromatic carbocycles. The van der Waals surface area contributed by atoms with Crippen LogP contribution in [0.1, 0.15) is 5.56 Å². The van der Waals surface area contributed by atoms with Crippen molar-refractivity contribution in [1.29, 1.82) is 0 Å². The van der Waals surface area contributed by atoms with Crippen LogP contribution in [0.15, 0.2) is 42.5 Å². The van der Waals surface area contributed by atoms with E-state index in [0.717, 1.165) is 0 Å². The van der Waals surface area contributed by atoms with E-state index in [1.165, 1.54) is 18.2 Å². The third kappa shape index (κ3) is 4.65. The van der Waals surface area contributed by atoms with Crippen LogP contribution in [0.2, 0.25) is 5.02 Å². The highest BCUT2D eigenvalue weighted by atomic mass is 35.5. The average molecular weight is 310 g/mol. The van der Waals surface area contributed by atoms with Crippen molar-refractivity contribution in [2.45, 2.75) is 6.61 Å². The first-order valence-corrected chi connectivity index (χ1v) is 6.50. The second kappa shape index (κ2) is 6.95. The lowest BCUT2D eigenvalue weighted by molar-refractivity contribution is -0.147. The minimum atomic E-state index is -0.535. The molecule has 0 aromatic heterocycles. The number of rotatable bonds is 5. The second-order valence-corrected chi connectivity index (χ2v) is 4.67. The van der Waals surface area contributed by atoms with Crippen LogP contribution in [0.25, 0.3) is 0 Å². The molecule has 2 N–H and O–H groups in total. The van der Waals surface area contributed by atoms with E-state index in [4.69, 9.17) is 26.8 Å². The average Bonchev–Trinajstić information content (AvgIpc) is 2.48. The number of hydrogen-bond donors (Lipinski definition) is 1. The summed E-state index contributed by atoms with van der Waals surface area (Å²) in [5.41, 5.74) is 6.74. The Balaban J connectivity index is 1.79. The van der Waals surface area contributed by atoms with Gasteiger partial charge in [0, 0.05) is 5.69 Å². The molecule has 0 aliphatic rings. The first-order valence-electron chi connectivity index (χ1n) is 6.12. The Labute approximate surface area is 126 Å². The number of nitrogens with two attached hydrogens (primary N) is 1. The van der Waals surface area contributed by atoms with Gasteiger partial charge in [0.2, 0.25) is 0 Å². The molecule has 0 spiro atoms. The summed E-state index contributed by atoms with van der Waals surface area (Å²) in [4.78, 5) is 11.5. The minimum Gasteiger partial charge on any atom is -0.482 e. The molecule has 0 atom stereocenters. The van der Waals surface area contributed by atoms with Gasteiger partial charge < -0.3 is 15.2 Å². The van der Waals surface area contributed by atoms with Crippen molar-refractivity contribution in [3.8, 4) is 5.75 Å². The molecule has 0 unspecified atom stereocenters. The topological polar surface area (TPSA) is 61.5 Å². The van der Waals surface area contributed by atoms with Gasteiger partial charge in [0.05, 0.1) is 5.02 Å². The van der Waals surface area contributed by atoms with Crippen molar-refractivity contribution in [3.05, 3.63) is 58.9 Å². The summed E-state index contributed by atoms with van der Waals surface area (Å²) in [6.07, 6.45) is 0. The molecule has 0 radical (unpaired) electrons. The number of halogens is 2. The third-order valence-electron chi connectivity index (χ3n) is 2.62. The first-order chi connectivity index (χ1) is 10.0. The summed E-state index contributed by atoms with van der Waals surface area (Å²) < 4.78 is 23.2. The Hall–Kier alpha value is -2.27. The molecule has 0 saturated heterocycles. The number of anilines is 1. The third-order valence-corrected chi connectivity index (χ3v) is 2.91. The van der Waals surface area contributed by atoms with Gasteiger partial charge in [-0.15, -0.1) is 0 Å². The standard InChI is InChI=1S/C15H13ClFNO3/c16-13-7-10(1-6-14(13)17)8-21-15(19)9-20-12-4-2-11(18)3-5-12/h1-7H,8-9,18H2. The lowest BCUT2D eigenvalue weighted by atomic mass is 10.2. The molecule has 110 valence electrons. The summed E-state index contributed by atoms with van der Waals surface area (Å²) in [5, 5.41) is -0.0123. The fourth-order valence-corrected chi connectivity index (χ4v) is 1.74. The molecule has 0 amide bonds. The molecule has 0 aliphatic carbocycles. The Bertz CT molecular complexity index is 631. The Kier molecular flexibility index (Phi) is 5.00. The maximum absolute atomic E-state index is 13.0. The van der Waals surface area contributed by atoms with Gasteiger partial charge in [-0.05, 0) is 42.0 Å². The minimum absolute atomic E-state index is 0.00390. The zero-order valence-electron chi connectivity index (χ0n) is 11.0. The molecule has 2 rings (SSSR count). The van der Waals surface area contributed by atoms with Crippen LogP contribution in [-0.4, -0.2) is 12.6 Å². The van der Waals surface area contributed by atoms with Crippen molar-refractivity contribution in [2.24, 2.45) is 0 Å². The Morgan fingerprint density at radius 1 is 1.19 bits per heavy atom. The molecule has 0 fully saturated rings. The van der Waals surface area contributed by atoms with E-state index in [2.05, 4.69) is 0 Å². The van der Waals surface area contributed by atoms with Crippen LogP contribution < -0.4 is 10.5 Å². The van der Waals surface area contributed by atoms with E-state index in [1.807, 2.05) is 0 Å². The number of esters is 1. The molecule has 0 heterocycles. The highest BCUT2D eigenvalue weighted by molar-refractivity contribution is 6.30. The van der Waals surface area contributed by atoms with Crippen LogP contribution in [0.5, 0.6) is 5.75 Å². The van der Waals surface area contributed by atoms with Gasteiger partial charge in [-0.1, -0.05) is 17.7 Å². The van der Waals surface area contributed by atoms with Crippen LogP contribution in [0.3, 0.4) is 0 Å². The fourth-order valence-electron chi connectivity index (χ4n) is 1.54. The predicted molar refractivity (Wildman–Crippen MR) is 77.6 cm³/mol. The van der Waals surface area contributed by atoms with E-state index in [1.54, 1.807) is 24.3 Å². The molecular formula is C15H13ClFNO3. The molecule has 0 saturated carbocycles. The molecule has 6 heteroatoms. The summed E-state index contributed by atoms with van der Waals surface area (Å²) in [6.45, 7) is -0.219. The summed E-state index contributed by atoms with van der Waals surface area (Å²) in [6, 6.07) is 10.8. The van der Waals surface area contributed by atoms with Gasteiger partial charge in [-0.25, -0.2) is 9.18 Å². The number of benzene rings is 2. The summed E-state index contributed by atoms with van der Waals surface area (Å²) in [7, 11) is 0. The number of carbonyl (C=O) groups excluding carboxylic acids is 1. The van der Waals surface area contributed by atoms with Gasteiger partial charge in [-0.2, -0.15) is 0 Å². The number of nitrogen functional groups attached to an aromatic ring is 1. The second-order valence-electron chi connectivity index (χ2n) is 4.27. The van der Waals surface area contributed by atoms with Gasteiger partial charge in [0.1, 0.15) is 18.2 Å². The smallest absolute Gasteiger partial charge is 0.344 e. The van der Waals surface area contributed by atoms with Crippen molar-refractivity contribution < 1.29 is 18.7 Å². The van der Waals surface area contributed by atoms with E-state index in [9.17, 15) is 9.18 Å². The van der Waals surface area contributed by atoms with Crippen molar-refractivity contribution in [2.75, 3.05) is 12.3 Å². The van der Waals surface area contributed by atoms with Gasteiger partial charge >= 0.3 is 5.97 Å². The highest BCUT2D eigenvalue weighted by Crippen LogP contribution is 2.17. The van der Waals surface area contributed by atoms with E-state index in [0.29, 0.717) is 17.0 Å². The van der Waals surface area contributed by atoms with E-state index in [-0.39, 0.29) is 18.2 Å². The largest absolute Gasteiger partial charge is 0.482 e. The Morgan fingerprint density at radius 3 is 2.57 bits per heavy atom. The monoisotopic (exact) mass is 309 g/mol. The zero-order valence-corrected chi connectivity index (χ0v) is 11.8. The predicted octanol–water partition coefficient (Wildman–Crippen LogP) is 3.18. The van der Waals surface area contributed by atoms with Crippen molar-refractivity contribution in [3.63, 3.8) is 0 Å². The van der Waals surface area contributed by atoms with Crippen LogP contribution in [-0.2, 0) is 16.1 Å². The SMILES string of the molecule is Nc1ccc(OCC(=O)OCc2ccc(F)c(Cl)c2)cc1. The number of carbonyl (C=O) groups is 1. The fraction of sp³-hybridized carbons (Fsp3) is 0.133. The van der Waals surface area contributed by atoms with Gasteiger partial charge in [0.15, 0.2) is 6.61 Å². The number of ether oxygens (including phenoxy) is 2. The lowest BCUT2D eigenvalue weighted by Crippen LogP contribution is -2.14. The molecular weight excluding hydrogens is 297 g/mol. The van der Waals surface area contributed by atoms with Crippen molar-refractivity contribution >= 4 is 23.3 Å². The first kappa shape index (κ1) is 15.1. The van der Waals surface area contributed by atoms with E-state index < -0.39 is 11.8 Å². The summed E-state index contributed by atoms with van der Waals surface area (Å²) >= 11 is 5.63. The quantitative estimate of drug-likeness (QED) is 0.680.